The summed E-state index contributed by atoms with van der Waals surface area (Å²) < 4.78 is 5.27. The van der Waals surface area contributed by atoms with Gasteiger partial charge in [-0.05, 0) is 43.7 Å². The lowest BCUT2D eigenvalue weighted by Gasteiger charge is -2.14. The summed E-state index contributed by atoms with van der Waals surface area (Å²) in [4.78, 5) is 11.9. The van der Waals surface area contributed by atoms with E-state index in [1.165, 1.54) is 0 Å². The Morgan fingerprint density at radius 3 is 2.53 bits per heavy atom. The van der Waals surface area contributed by atoms with Crippen LogP contribution < -0.4 is 5.32 Å². The molecule has 100 valence electrons. The Bertz CT molecular complexity index is 607. The first-order valence-electron chi connectivity index (χ1n) is 5.79. The van der Waals surface area contributed by atoms with E-state index in [9.17, 15) is 4.79 Å². The third kappa shape index (κ3) is 3.31. The molecule has 0 fully saturated rings. The highest BCUT2D eigenvalue weighted by atomic mass is 35.5. The van der Waals surface area contributed by atoms with Gasteiger partial charge in [-0.1, -0.05) is 29.3 Å². The van der Waals surface area contributed by atoms with Gasteiger partial charge in [0.15, 0.2) is 5.76 Å². The maximum Gasteiger partial charge on any atom is 0.287 e. The molecular weight excluding hydrogens is 285 g/mol. The molecule has 3 nitrogen and oxygen atoms in total. The van der Waals surface area contributed by atoms with E-state index in [1.807, 2.05) is 13.0 Å². The van der Waals surface area contributed by atoms with E-state index in [0.717, 1.165) is 5.56 Å². The van der Waals surface area contributed by atoms with Crippen molar-refractivity contribution in [1.29, 1.82) is 0 Å². The van der Waals surface area contributed by atoms with Crippen molar-refractivity contribution in [3.8, 4) is 0 Å². The van der Waals surface area contributed by atoms with Crippen molar-refractivity contribution in [2.75, 3.05) is 0 Å². The summed E-state index contributed by atoms with van der Waals surface area (Å²) in [6.45, 7) is 3.66. The lowest BCUT2D eigenvalue weighted by Crippen LogP contribution is -2.26. The van der Waals surface area contributed by atoms with Crippen LogP contribution >= 0.6 is 23.2 Å². The predicted octanol–water partition coefficient (Wildman–Crippen LogP) is 4.39. The van der Waals surface area contributed by atoms with E-state index >= 15 is 0 Å². The maximum absolute atomic E-state index is 11.9. The number of hydrogen-bond donors (Lipinski definition) is 1. The molecule has 0 saturated heterocycles. The van der Waals surface area contributed by atoms with Gasteiger partial charge in [-0.25, -0.2) is 0 Å². The summed E-state index contributed by atoms with van der Waals surface area (Å²) in [6, 6.07) is 8.48. The molecule has 0 aliphatic carbocycles. The molecule has 1 heterocycles. The summed E-state index contributed by atoms with van der Waals surface area (Å²) in [7, 11) is 0. The zero-order valence-corrected chi connectivity index (χ0v) is 12.0. The van der Waals surface area contributed by atoms with Crippen molar-refractivity contribution >= 4 is 29.1 Å². The van der Waals surface area contributed by atoms with Gasteiger partial charge in [0.1, 0.15) is 5.76 Å². The second kappa shape index (κ2) is 5.68. The topological polar surface area (TPSA) is 42.2 Å². The second-order valence-corrected chi connectivity index (χ2v) is 5.09. The quantitative estimate of drug-likeness (QED) is 0.913. The second-order valence-electron chi connectivity index (χ2n) is 4.28. The lowest BCUT2D eigenvalue weighted by molar-refractivity contribution is 0.0910. The Hall–Kier alpha value is -1.45. The third-order valence-corrected chi connectivity index (χ3v) is 3.49. The fourth-order valence-corrected chi connectivity index (χ4v) is 2.00. The number of carbonyl (C=O) groups excluding carboxylic acids is 1. The van der Waals surface area contributed by atoms with Crippen molar-refractivity contribution in [2.24, 2.45) is 0 Å². The molecule has 1 N–H and O–H groups in total. The number of benzene rings is 1. The number of aryl methyl sites for hydroxylation is 1. The molecule has 0 radical (unpaired) electrons. The molecule has 0 aliphatic heterocycles. The molecule has 2 rings (SSSR count). The smallest absolute Gasteiger partial charge is 0.287 e. The van der Waals surface area contributed by atoms with Crippen molar-refractivity contribution in [2.45, 2.75) is 19.9 Å². The molecule has 0 bridgehead atoms. The number of amides is 1. The summed E-state index contributed by atoms with van der Waals surface area (Å²) >= 11 is 11.8. The van der Waals surface area contributed by atoms with E-state index in [-0.39, 0.29) is 11.9 Å². The van der Waals surface area contributed by atoms with E-state index in [0.29, 0.717) is 21.6 Å². The highest BCUT2D eigenvalue weighted by Crippen LogP contribution is 2.25. The molecule has 1 aromatic heterocycles. The zero-order chi connectivity index (χ0) is 14.0. The van der Waals surface area contributed by atoms with Gasteiger partial charge in [-0.15, -0.1) is 0 Å². The molecule has 1 atom stereocenters. The highest BCUT2D eigenvalue weighted by Gasteiger charge is 2.14. The molecule has 0 saturated carbocycles. The fraction of sp³-hybridized carbons (Fsp3) is 0.214. The van der Waals surface area contributed by atoms with E-state index < -0.39 is 0 Å². The van der Waals surface area contributed by atoms with Crippen LogP contribution in [0.25, 0.3) is 0 Å². The zero-order valence-electron chi connectivity index (χ0n) is 10.5. The van der Waals surface area contributed by atoms with Crippen LogP contribution in [0.4, 0.5) is 0 Å². The van der Waals surface area contributed by atoms with Crippen molar-refractivity contribution in [1.82, 2.24) is 5.32 Å². The van der Waals surface area contributed by atoms with Gasteiger partial charge in [-0.2, -0.15) is 0 Å². The lowest BCUT2D eigenvalue weighted by atomic mass is 10.1. The number of halogens is 2. The van der Waals surface area contributed by atoms with Gasteiger partial charge in [0.25, 0.3) is 5.91 Å². The molecule has 1 unspecified atom stereocenters. The largest absolute Gasteiger partial charge is 0.456 e. The number of nitrogens with one attached hydrogen (secondary N) is 1. The molecule has 1 amide bonds. The molecule has 0 aliphatic rings. The molecule has 1 aromatic carbocycles. The van der Waals surface area contributed by atoms with Crippen LogP contribution in [0.5, 0.6) is 0 Å². The maximum atomic E-state index is 11.9. The summed E-state index contributed by atoms with van der Waals surface area (Å²) in [5.74, 6) is 0.739. The Morgan fingerprint density at radius 2 is 1.95 bits per heavy atom. The minimum Gasteiger partial charge on any atom is -0.456 e. The molecular formula is C14H13Cl2NO2. The van der Waals surface area contributed by atoms with E-state index in [4.69, 9.17) is 27.6 Å². The minimum atomic E-state index is -0.258. The summed E-state index contributed by atoms with van der Waals surface area (Å²) in [6.07, 6.45) is 0. The number of furan rings is 1. The number of hydrogen-bond acceptors (Lipinski definition) is 2. The van der Waals surface area contributed by atoms with Crippen LogP contribution in [0.3, 0.4) is 0 Å². The molecule has 5 heteroatoms. The van der Waals surface area contributed by atoms with Gasteiger partial charge in [-0.3, -0.25) is 4.79 Å². The Balaban J connectivity index is 2.10. The first-order valence-corrected chi connectivity index (χ1v) is 6.55. The number of rotatable bonds is 3. The van der Waals surface area contributed by atoms with Crippen molar-refractivity contribution in [3.63, 3.8) is 0 Å². The Morgan fingerprint density at radius 1 is 1.21 bits per heavy atom. The Labute approximate surface area is 121 Å². The molecule has 0 spiro atoms. The molecule has 2 aromatic rings. The monoisotopic (exact) mass is 297 g/mol. The van der Waals surface area contributed by atoms with Crippen molar-refractivity contribution in [3.05, 3.63) is 57.5 Å². The molecule has 19 heavy (non-hydrogen) atoms. The fourth-order valence-electron chi connectivity index (χ4n) is 1.69. The van der Waals surface area contributed by atoms with Crippen LogP contribution in [0.2, 0.25) is 10.0 Å². The van der Waals surface area contributed by atoms with Gasteiger partial charge >= 0.3 is 0 Å². The van der Waals surface area contributed by atoms with Gasteiger partial charge < -0.3 is 9.73 Å². The average Bonchev–Trinajstić information content (AvgIpc) is 2.79. The Kier molecular flexibility index (Phi) is 4.17. The highest BCUT2D eigenvalue weighted by molar-refractivity contribution is 6.42. The van der Waals surface area contributed by atoms with Crippen LogP contribution in [-0.4, -0.2) is 5.91 Å². The predicted molar refractivity (Wildman–Crippen MR) is 75.8 cm³/mol. The van der Waals surface area contributed by atoms with E-state index in [1.54, 1.807) is 31.2 Å². The SMILES string of the molecule is Cc1ccc(C(=O)NC(C)c2ccc(Cl)c(Cl)c2)o1. The summed E-state index contributed by atoms with van der Waals surface area (Å²) in [5, 5.41) is 3.80. The van der Waals surface area contributed by atoms with Crippen LogP contribution in [0.15, 0.2) is 34.7 Å². The standard InChI is InChI=1S/C14H13Cl2NO2/c1-8-3-6-13(19-8)14(18)17-9(2)10-4-5-11(15)12(16)7-10/h3-7,9H,1-2H3,(H,17,18). The van der Waals surface area contributed by atoms with Crippen LogP contribution in [0, 0.1) is 6.92 Å². The third-order valence-electron chi connectivity index (χ3n) is 2.76. The average molecular weight is 298 g/mol. The van der Waals surface area contributed by atoms with Crippen LogP contribution in [0.1, 0.15) is 34.8 Å². The number of carbonyl (C=O) groups is 1. The first-order chi connectivity index (χ1) is 8.97. The first kappa shape index (κ1) is 14.0. The van der Waals surface area contributed by atoms with Crippen molar-refractivity contribution < 1.29 is 9.21 Å². The van der Waals surface area contributed by atoms with Gasteiger partial charge in [0.2, 0.25) is 0 Å². The normalized spacial score (nSPS) is 12.2. The van der Waals surface area contributed by atoms with Gasteiger partial charge in [0.05, 0.1) is 16.1 Å². The summed E-state index contributed by atoms with van der Waals surface area (Å²) in [5.41, 5.74) is 0.881. The van der Waals surface area contributed by atoms with E-state index in [2.05, 4.69) is 5.32 Å². The van der Waals surface area contributed by atoms with Gasteiger partial charge in [0, 0.05) is 0 Å². The minimum absolute atomic E-state index is 0.187. The van der Waals surface area contributed by atoms with Crippen LogP contribution in [-0.2, 0) is 0 Å².